The van der Waals surface area contributed by atoms with Crippen molar-refractivity contribution in [3.8, 4) is 0 Å². The van der Waals surface area contributed by atoms with E-state index in [0.29, 0.717) is 5.92 Å². The van der Waals surface area contributed by atoms with E-state index in [-0.39, 0.29) is 6.04 Å². The first-order chi connectivity index (χ1) is 6.65. The summed E-state index contributed by atoms with van der Waals surface area (Å²) in [6, 6.07) is 2.11. The van der Waals surface area contributed by atoms with Crippen LogP contribution in [0.1, 0.15) is 38.3 Å². The molecule has 3 N–H and O–H groups in total. The van der Waals surface area contributed by atoms with Gasteiger partial charge in [0.15, 0.2) is 4.67 Å². The number of hydrogen-bond donors (Lipinski definition) is 2. The summed E-state index contributed by atoms with van der Waals surface area (Å²) in [6.07, 6.45) is 3.83. The van der Waals surface area contributed by atoms with E-state index in [1.54, 1.807) is 6.26 Å². The average molecular weight is 261 g/mol. The highest BCUT2D eigenvalue weighted by Gasteiger charge is 2.15. The van der Waals surface area contributed by atoms with E-state index in [9.17, 15) is 0 Å². The molecule has 0 aliphatic rings. The number of nitrogens with two attached hydrogens (primary N) is 1. The highest BCUT2D eigenvalue weighted by Crippen LogP contribution is 2.27. The van der Waals surface area contributed by atoms with Gasteiger partial charge < -0.3 is 4.42 Å². The zero-order chi connectivity index (χ0) is 10.6. The Kier molecular flexibility index (Phi) is 4.65. The lowest BCUT2D eigenvalue weighted by Crippen LogP contribution is -2.28. The van der Waals surface area contributed by atoms with Crippen LogP contribution in [0.5, 0.6) is 0 Å². The third kappa shape index (κ3) is 3.12. The molecule has 4 heteroatoms. The van der Waals surface area contributed by atoms with Gasteiger partial charge in [0.25, 0.3) is 0 Å². The van der Waals surface area contributed by atoms with Crippen molar-refractivity contribution < 1.29 is 4.42 Å². The molecule has 0 saturated heterocycles. The maximum atomic E-state index is 5.51. The van der Waals surface area contributed by atoms with E-state index in [1.165, 1.54) is 0 Å². The largest absolute Gasteiger partial charge is 0.457 e. The van der Waals surface area contributed by atoms with Gasteiger partial charge in [0.2, 0.25) is 0 Å². The minimum absolute atomic E-state index is 0.172. The van der Waals surface area contributed by atoms with Gasteiger partial charge in [-0.25, -0.2) is 0 Å². The molecule has 0 spiro atoms. The Balaban J connectivity index is 2.58. The number of hydrogen-bond acceptors (Lipinski definition) is 3. The Labute approximate surface area is 93.1 Å². The minimum atomic E-state index is 0.172. The second kappa shape index (κ2) is 5.53. The van der Waals surface area contributed by atoms with Crippen molar-refractivity contribution in [1.82, 2.24) is 5.43 Å². The molecular weight excluding hydrogens is 244 g/mol. The second-order valence-electron chi connectivity index (χ2n) is 3.84. The highest BCUT2D eigenvalue weighted by molar-refractivity contribution is 9.10. The van der Waals surface area contributed by atoms with Gasteiger partial charge >= 0.3 is 0 Å². The van der Waals surface area contributed by atoms with Crippen molar-refractivity contribution in [2.24, 2.45) is 11.8 Å². The van der Waals surface area contributed by atoms with Crippen LogP contribution in [0.3, 0.4) is 0 Å². The van der Waals surface area contributed by atoms with Crippen LogP contribution < -0.4 is 11.3 Å². The third-order valence-electron chi connectivity index (χ3n) is 2.26. The van der Waals surface area contributed by atoms with Crippen LogP contribution in [0.25, 0.3) is 0 Å². The van der Waals surface area contributed by atoms with Crippen LogP contribution in [0.4, 0.5) is 0 Å². The maximum absolute atomic E-state index is 5.51. The fourth-order valence-corrected chi connectivity index (χ4v) is 1.90. The van der Waals surface area contributed by atoms with E-state index in [1.807, 2.05) is 6.07 Å². The standard InChI is InChI=1S/C10H17BrN2O/c1-7(2)3-4-9(13-12)8-5-6-14-10(8)11/h5-7,9,13H,3-4,12H2,1-2H3. The molecule has 1 aromatic heterocycles. The van der Waals surface area contributed by atoms with Crippen LogP contribution in [0.2, 0.25) is 0 Å². The Morgan fingerprint density at radius 2 is 2.21 bits per heavy atom. The minimum Gasteiger partial charge on any atom is -0.457 e. The quantitative estimate of drug-likeness (QED) is 0.632. The molecule has 0 fully saturated rings. The van der Waals surface area contributed by atoms with Crippen molar-refractivity contribution in [2.45, 2.75) is 32.7 Å². The summed E-state index contributed by atoms with van der Waals surface area (Å²) < 4.78 is 5.94. The SMILES string of the molecule is CC(C)CCC(NN)c1ccoc1Br. The van der Waals surface area contributed by atoms with E-state index in [0.717, 1.165) is 23.1 Å². The van der Waals surface area contributed by atoms with Crippen LogP contribution in [-0.4, -0.2) is 0 Å². The number of nitrogens with one attached hydrogen (secondary N) is 1. The van der Waals surface area contributed by atoms with Crippen LogP contribution in [0.15, 0.2) is 21.4 Å². The van der Waals surface area contributed by atoms with Crippen molar-refractivity contribution in [1.29, 1.82) is 0 Å². The van der Waals surface area contributed by atoms with Crippen molar-refractivity contribution in [2.75, 3.05) is 0 Å². The summed E-state index contributed by atoms with van der Waals surface area (Å²) >= 11 is 3.35. The lowest BCUT2D eigenvalue weighted by atomic mass is 10.0. The fourth-order valence-electron chi connectivity index (χ4n) is 1.38. The molecule has 1 atom stereocenters. The van der Waals surface area contributed by atoms with E-state index in [2.05, 4.69) is 35.2 Å². The summed E-state index contributed by atoms with van der Waals surface area (Å²) in [7, 11) is 0. The van der Waals surface area contributed by atoms with Gasteiger partial charge in [0, 0.05) is 5.56 Å². The molecular formula is C10H17BrN2O. The summed E-state index contributed by atoms with van der Waals surface area (Å²) in [4.78, 5) is 0. The average Bonchev–Trinajstić information content (AvgIpc) is 2.53. The van der Waals surface area contributed by atoms with Gasteiger partial charge in [0.05, 0.1) is 12.3 Å². The molecule has 0 bridgehead atoms. The van der Waals surface area contributed by atoms with Gasteiger partial charge in [-0.3, -0.25) is 11.3 Å². The summed E-state index contributed by atoms with van der Waals surface area (Å²) in [6.45, 7) is 4.41. The molecule has 1 heterocycles. The predicted octanol–water partition coefficient (Wildman–Crippen LogP) is 2.98. The Bertz CT molecular complexity index is 273. The zero-order valence-electron chi connectivity index (χ0n) is 8.59. The van der Waals surface area contributed by atoms with Crippen molar-refractivity contribution >= 4 is 15.9 Å². The van der Waals surface area contributed by atoms with Gasteiger partial charge in [-0.05, 0) is 40.8 Å². The molecule has 0 aliphatic heterocycles. The van der Waals surface area contributed by atoms with Crippen molar-refractivity contribution in [3.05, 3.63) is 22.6 Å². The van der Waals surface area contributed by atoms with Crippen molar-refractivity contribution in [3.63, 3.8) is 0 Å². The second-order valence-corrected chi connectivity index (χ2v) is 4.56. The molecule has 0 aromatic carbocycles. The molecule has 1 unspecified atom stereocenters. The monoisotopic (exact) mass is 260 g/mol. The molecule has 0 amide bonds. The number of hydrazine groups is 1. The molecule has 0 saturated carbocycles. The third-order valence-corrected chi connectivity index (χ3v) is 2.90. The summed E-state index contributed by atoms with van der Waals surface area (Å²) in [5, 5.41) is 0. The lowest BCUT2D eigenvalue weighted by Gasteiger charge is -2.15. The van der Waals surface area contributed by atoms with Crippen LogP contribution >= 0.6 is 15.9 Å². The first kappa shape index (κ1) is 11.8. The molecule has 0 radical (unpaired) electrons. The molecule has 1 rings (SSSR count). The predicted molar refractivity (Wildman–Crippen MR) is 60.5 cm³/mol. The van der Waals surface area contributed by atoms with E-state index in [4.69, 9.17) is 10.3 Å². The van der Waals surface area contributed by atoms with Gasteiger partial charge in [-0.2, -0.15) is 0 Å². The Morgan fingerprint density at radius 3 is 2.64 bits per heavy atom. The first-order valence-corrected chi connectivity index (χ1v) is 5.63. The fraction of sp³-hybridized carbons (Fsp3) is 0.600. The van der Waals surface area contributed by atoms with Gasteiger partial charge in [-0.1, -0.05) is 13.8 Å². The van der Waals surface area contributed by atoms with Gasteiger partial charge in [-0.15, -0.1) is 0 Å². The van der Waals surface area contributed by atoms with E-state index < -0.39 is 0 Å². The Hall–Kier alpha value is -0.320. The topological polar surface area (TPSA) is 51.2 Å². The molecule has 14 heavy (non-hydrogen) atoms. The molecule has 0 aliphatic carbocycles. The lowest BCUT2D eigenvalue weighted by molar-refractivity contribution is 0.439. The summed E-state index contributed by atoms with van der Waals surface area (Å²) in [5.74, 6) is 6.20. The van der Waals surface area contributed by atoms with Gasteiger partial charge in [0.1, 0.15) is 0 Å². The summed E-state index contributed by atoms with van der Waals surface area (Å²) in [5.41, 5.74) is 3.90. The van der Waals surface area contributed by atoms with Crippen LogP contribution in [-0.2, 0) is 0 Å². The van der Waals surface area contributed by atoms with Crippen LogP contribution in [0, 0.1) is 5.92 Å². The maximum Gasteiger partial charge on any atom is 0.173 e. The molecule has 80 valence electrons. The zero-order valence-corrected chi connectivity index (χ0v) is 10.2. The Morgan fingerprint density at radius 1 is 1.50 bits per heavy atom. The normalized spacial score (nSPS) is 13.5. The smallest absolute Gasteiger partial charge is 0.173 e. The first-order valence-electron chi connectivity index (χ1n) is 4.84. The number of halogens is 1. The van der Waals surface area contributed by atoms with E-state index >= 15 is 0 Å². The molecule has 1 aromatic rings. The highest BCUT2D eigenvalue weighted by atomic mass is 79.9. The number of rotatable bonds is 5. The molecule has 3 nitrogen and oxygen atoms in total. The number of furan rings is 1.